The van der Waals surface area contributed by atoms with Crippen LogP contribution in [0.25, 0.3) is 0 Å². The lowest BCUT2D eigenvalue weighted by Crippen LogP contribution is -2.05. The number of aryl methyl sites for hydroxylation is 1. The summed E-state index contributed by atoms with van der Waals surface area (Å²) in [5, 5.41) is 10.3. The van der Waals surface area contributed by atoms with Crippen molar-refractivity contribution in [1.82, 2.24) is 0 Å². The van der Waals surface area contributed by atoms with Gasteiger partial charge in [0.25, 0.3) is 0 Å². The van der Waals surface area contributed by atoms with Gasteiger partial charge in [0, 0.05) is 22.2 Å². The van der Waals surface area contributed by atoms with Crippen LogP contribution in [0.5, 0.6) is 0 Å². The minimum atomic E-state index is -1.46. The molecule has 0 aromatic heterocycles. The Hall–Kier alpha value is -1.52. The topological polar surface area (TPSA) is 20.2 Å². The Bertz CT molecular complexity index is 628. The fourth-order valence-corrected chi connectivity index (χ4v) is 2.03. The lowest BCUT2D eigenvalue weighted by atomic mass is 9.99. The Balaban J connectivity index is 2.53. The number of halogens is 4. The van der Waals surface area contributed by atoms with E-state index in [-0.39, 0.29) is 16.1 Å². The fourth-order valence-electron chi connectivity index (χ4n) is 1.80. The van der Waals surface area contributed by atoms with E-state index in [4.69, 9.17) is 11.6 Å². The zero-order chi connectivity index (χ0) is 14.2. The largest absolute Gasteiger partial charge is 0.383 e. The van der Waals surface area contributed by atoms with E-state index in [0.717, 1.165) is 0 Å². The standard InChI is InChI=1S/C14H10ClF3O/c1-7-3-2-4-8(13(7)15)14(19)9-5-11(17)12(18)6-10(9)16/h2-6,14,19H,1H3. The predicted octanol–water partition coefficient (Wildman–Crippen LogP) is 4.15. The number of aliphatic hydroxyl groups is 1. The molecule has 0 bridgehead atoms. The molecule has 100 valence electrons. The highest BCUT2D eigenvalue weighted by atomic mass is 35.5. The summed E-state index contributed by atoms with van der Waals surface area (Å²) in [4.78, 5) is 0. The van der Waals surface area contributed by atoms with Crippen LogP contribution in [-0.4, -0.2) is 5.11 Å². The molecule has 0 radical (unpaired) electrons. The van der Waals surface area contributed by atoms with Crippen molar-refractivity contribution in [1.29, 1.82) is 0 Å². The molecule has 0 fully saturated rings. The second kappa shape index (κ2) is 5.23. The maximum Gasteiger partial charge on any atom is 0.161 e. The van der Waals surface area contributed by atoms with Crippen LogP contribution < -0.4 is 0 Å². The molecule has 0 saturated heterocycles. The van der Waals surface area contributed by atoms with Crippen LogP contribution in [0.15, 0.2) is 30.3 Å². The van der Waals surface area contributed by atoms with E-state index in [0.29, 0.717) is 17.7 Å². The Morgan fingerprint density at radius 1 is 1.00 bits per heavy atom. The third-order valence-electron chi connectivity index (χ3n) is 2.85. The summed E-state index contributed by atoms with van der Waals surface area (Å²) in [6, 6.07) is 5.89. The summed E-state index contributed by atoms with van der Waals surface area (Å²) in [5.41, 5.74) is 0.583. The minimum Gasteiger partial charge on any atom is -0.383 e. The van der Waals surface area contributed by atoms with Gasteiger partial charge in [-0.1, -0.05) is 29.8 Å². The van der Waals surface area contributed by atoms with Crippen molar-refractivity contribution in [2.24, 2.45) is 0 Å². The van der Waals surface area contributed by atoms with E-state index >= 15 is 0 Å². The molecular weight excluding hydrogens is 277 g/mol. The van der Waals surface area contributed by atoms with Gasteiger partial charge in [-0.05, 0) is 18.6 Å². The molecule has 5 heteroatoms. The molecule has 1 N–H and O–H groups in total. The van der Waals surface area contributed by atoms with Gasteiger partial charge in [-0.2, -0.15) is 0 Å². The summed E-state index contributed by atoms with van der Waals surface area (Å²) in [5.74, 6) is -3.55. The average Bonchev–Trinajstić information content (AvgIpc) is 2.36. The van der Waals surface area contributed by atoms with Gasteiger partial charge < -0.3 is 5.11 Å². The van der Waals surface area contributed by atoms with Crippen molar-refractivity contribution in [3.63, 3.8) is 0 Å². The van der Waals surface area contributed by atoms with Crippen LogP contribution in [-0.2, 0) is 0 Å². The van der Waals surface area contributed by atoms with Crippen LogP contribution in [0.4, 0.5) is 13.2 Å². The van der Waals surface area contributed by atoms with Crippen molar-refractivity contribution in [2.75, 3.05) is 0 Å². The summed E-state index contributed by atoms with van der Waals surface area (Å²) < 4.78 is 39.6. The molecular formula is C14H10ClF3O. The molecule has 0 aliphatic heterocycles. The van der Waals surface area contributed by atoms with E-state index < -0.39 is 23.6 Å². The highest BCUT2D eigenvalue weighted by Gasteiger charge is 2.20. The Kier molecular flexibility index (Phi) is 3.83. The summed E-state index contributed by atoms with van der Waals surface area (Å²) in [7, 11) is 0. The van der Waals surface area contributed by atoms with E-state index in [2.05, 4.69) is 0 Å². The lowest BCUT2D eigenvalue weighted by molar-refractivity contribution is 0.214. The van der Waals surface area contributed by atoms with Crippen molar-refractivity contribution in [3.8, 4) is 0 Å². The number of benzene rings is 2. The first-order valence-corrected chi connectivity index (χ1v) is 5.87. The van der Waals surface area contributed by atoms with Crippen LogP contribution in [0.1, 0.15) is 22.8 Å². The normalized spacial score (nSPS) is 12.5. The third-order valence-corrected chi connectivity index (χ3v) is 3.37. The van der Waals surface area contributed by atoms with Gasteiger partial charge in [-0.3, -0.25) is 0 Å². The van der Waals surface area contributed by atoms with Gasteiger partial charge >= 0.3 is 0 Å². The van der Waals surface area contributed by atoms with E-state index in [1.807, 2.05) is 0 Å². The molecule has 0 aliphatic carbocycles. The highest BCUT2D eigenvalue weighted by Crippen LogP contribution is 2.32. The first-order valence-electron chi connectivity index (χ1n) is 5.49. The predicted molar refractivity (Wildman–Crippen MR) is 66.6 cm³/mol. The Morgan fingerprint density at radius 2 is 1.63 bits per heavy atom. The van der Waals surface area contributed by atoms with Gasteiger partial charge in [-0.25, -0.2) is 13.2 Å². The molecule has 2 aromatic rings. The molecule has 2 rings (SSSR count). The second-order valence-electron chi connectivity index (χ2n) is 4.17. The number of rotatable bonds is 2. The van der Waals surface area contributed by atoms with Gasteiger partial charge in [0.2, 0.25) is 0 Å². The van der Waals surface area contributed by atoms with Gasteiger partial charge in [0.15, 0.2) is 11.6 Å². The molecule has 0 heterocycles. The smallest absolute Gasteiger partial charge is 0.161 e. The zero-order valence-corrected chi connectivity index (χ0v) is 10.7. The van der Waals surface area contributed by atoms with Gasteiger partial charge in [-0.15, -0.1) is 0 Å². The van der Waals surface area contributed by atoms with Crippen molar-refractivity contribution in [3.05, 3.63) is 69.5 Å². The fraction of sp³-hybridized carbons (Fsp3) is 0.143. The van der Waals surface area contributed by atoms with Crippen molar-refractivity contribution < 1.29 is 18.3 Å². The molecule has 1 atom stereocenters. The molecule has 1 nitrogen and oxygen atoms in total. The maximum atomic E-state index is 13.6. The zero-order valence-electron chi connectivity index (χ0n) is 9.92. The first-order chi connectivity index (χ1) is 8.91. The van der Waals surface area contributed by atoms with E-state index in [9.17, 15) is 18.3 Å². The third kappa shape index (κ3) is 2.60. The lowest BCUT2D eigenvalue weighted by Gasteiger charge is -2.15. The van der Waals surface area contributed by atoms with E-state index in [1.165, 1.54) is 6.07 Å². The van der Waals surface area contributed by atoms with Gasteiger partial charge in [0.05, 0.1) is 0 Å². The van der Waals surface area contributed by atoms with Crippen molar-refractivity contribution in [2.45, 2.75) is 13.0 Å². The monoisotopic (exact) mass is 286 g/mol. The molecule has 2 aromatic carbocycles. The number of hydrogen-bond donors (Lipinski definition) is 1. The summed E-state index contributed by atoms with van der Waals surface area (Å²) in [6.07, 6.45) is -1.46. The average molecular weight is 287 g/mol. The quantitative estimate of drug-likeness (QED) is 0.822. The van der Waals surface area contributed by atoms with Crippen LogP contribution in [0.3, 0.4) is 0 Å². The molecule has 0 spiro atoms. The Labute approximate surface area is 113 Å². The maximum absolute atomic E-state index is 13.6. The molecule has 0 saturated carbocycles. The molecule has 0 aliphatic rings. The van der Waals surface area contributed by atoms with Crippen LogP contribution >= 0.6 is 11.6 Å². The van der Waals surface area contributed by atoms with Crippen LogP contribution in [0.2, 0.25) is 5.02 Å². The summed E-state index contributed by atoms with van der Waals surface area (Å²) in [6.45, 7) is 1.72. The molecule has 1 unspecified atom stereocenters. The molecule has 19 heavy (non-hydrogen) atoms. The van der Waals surface area contributed by atoms with Crippen LogP contribution in [0, 0.1) is 24.4 Å². The minimum absolute atomic E-state index is 0.242. The SMILES string of the molecule is Cc1cccc(C(O)c2cc(F)c(F)cc2F)c1Cl. The highest BCUT2D eigenvalue weighted by molar-refractivity contribution is 6.32. The van der Waals surface area contributed by atoms with Gasteiger partial charge in [0.1, 0.15) is 11.9 Å². The molecule has 0 amide bonds. The van der Waals surface area contributed by atoms with Crippen molar-refractivity contribution >= 4 is 11.6 Å². The number of aliphatic hydroxyl groups excluding tert-OH is 1. The summed E-state index contributed by atoms with van der Waals surface area (Å²) >= 11 is 6.01. The first kappa shape index (κ1) is 13.9. The number of hydrogen-bond acceptors (Lipinski definition) is 1. The van der Waals surface area contributed by atoms with E-state index in [1.54, 1.807) is 19.1 Å². The Morgan fingerprint density at radius 3 is 2.32 bits per heavy atom. The second-order valence-corrected chi connectivity index (χ2v) is 4.55.